The van der Waals surface area contributed by atoms with Crippen LogP contribution in [0.15, 0.2) is 10.4 Å². The fourth-order valence-corrected chi connectivity index (χ4v) is 3.49. The van der Waals surface area contributed by atoms with Crippen LogP contribution >= 0.6 is 11.3 Å². The topological polar surface area (TPSA) is 52.6 Å². The molecule has 1 atom stereocenters. The Bertz CT molecular complexity index is 457. The lowest BCUT2D eigenvalue weighted by Gasteiger charge is -2.23. The highest BCUT2D eigenvalue weighted by Gasteiger charge is 2.22. The Balaban J connectivity index is 1.75. The molecule has 1 aromatic rings. The van der Waals surface area contributed by atoms with Gasteiger partial charge in [-0.2, -0.15) is 0 Å². The number of likely N-dealkylation sites (N-methyl/N-ethyl adjacent to an activating group) is 1. The maximum absolute atomic E-state index is 4.56. The van der Waals surface area contributed by atoms with Gasteiger partial charge in [0.25, 0.3) is 0 Å². The van der Waals surface area contributed by atoms with Gasteiger partial charge in [0.1, 0.15) is 0 Å². The van der Waals surface area contributed by atoms with E-state index in [0.717, 1.165) is 37.7 Å². The number of nitrogens with one attached hydrogen (secondary N) is 2. The van der Waals surface area contributed by atoms with Crippen LogP contribution in [0.4, 0.5) is 0 Å². The molecule has 0 spiro atoms. The van der Waals surface area contributed by atoms with Gasteiger partial charge in [-0.05, 0) is 32.4 Å². The summed E-state index contributed by atoms with van der Waals surface area (Å²) in [7, 11) is 1.82. The first-order valence-corrected chi connectivity index (χ1v) is 8.76. The van der Waals surface area contributed by atoms with Crippen molar-refractivity contribution in [2.75, 3.05) is 26.7 Å². The molecule has 21 heavy (non-hydrogen) atoms. The summed E-state index contributed by atoms with van der Waals surface area (Å²) in [4.78, 5) is 11.4. The molecule has 0 aliphatic carbocycles. The predicted molar refractivity (Wildman–Crippen MR) is 90.0 cm³/mol. The summed E-state index contributed by atoms with van der Waals surface area (Å²) < 4.78 is 0. The van der Waals surface area contributed by atoms with Crippen LogP contribution in [0.5, 0.6) is 0 Å². The summed E-state index contributed by atoms with van der Waals surface area (Å²) in [6.07, 6.45) is 3.60. The van der Waals surface area contributed by atoms with E-state index in [0.29, 0.717) is 6.04 Å². The van der Waals surface area contributed by atoms with Gasteiger partial charge in [-0.25, -0.2) is 4.98 Å². The number of hydrogen-bond donors (Lipinski definition) is 2. The van der Waals surface area contributed by atoms with E-state index in [9.17, 15) is 0 Å². The van der Waals surface area contributed by atoms with Gasteiger partial charge >= 0.3 is 0 Å². The summed E-state index contributed by atoms with van der Waals surface area (Å²) in [5.74, 6) is 0.865. The molecule has 0 aromatic carbocycles. The third-order valence-electron chi connectivity index (χ3n) is 3.97. The second kappa shape index (κ2) is 8.34. The van der Waals surface area contributed by atoms with Gasteiger partial charge in [0.15, 0.2) is 5.96 Å². The van der Waals surface area contributed by atoms with Gasteiger partial charge in [-0.3, -0.25) is 9.89 Å². The number of aryl methyl sites for hydroxylation is 1. The SMILES string of the molecule is CCc1nc(CNC(=NC)NCC2CCCN2CC)cs1. The molecule has 1 unspecified atom stereocenters. The molecule has 0 saturated carbocycles. The molecule has 118 valence electrons. The largest absolute Gasteiger partial charge is 0.355 e. The Morgan fingerprint density at radius 2 is 2.33 bits per heavy atom. The third-order valence-corrected chi connectivity index (χ3v) is 5.01. The maximum atomic E-state index is 4.56. The molecule has 0 bridgehead atoms. The fourth-order valence-electron chi connectivity index (χ4n) is 2.74. The van der Waals surface area contributed by atoms with Crippen molar-refractivity contribution in [3.8, 4) is 0 Å². The molecule has 1 fully saturated rings. The highest BCUT2D eigenvalue weighted by Crippen LogP contribution is 2.15. The molecule has 0 radical (unpaired) electrons. The van der Waals surface area contributed by atoms with Crippen LogP contribution in [0, 0.1) is 0 Å². The van der Waals surface area contributed by atoms with Gasteiger partial charge in [-0.1, -0.05) is 13.8 Å². The Hall–Kier alpha value is -1.14. The van der Waals surface area contributed by atoms with E-state index in [1.54, 1.807) is 11.3 Å². The van der Waals surface area contributed by atoms with Crippen LogP contribution in [0.2, 0.25) is 0 Å². The Morgan fingerprint density at radius 3 is 3.00 bits per heavy atom. The summed E-state index contributed by atoms with van der Waals surface area (Å²) in [6.45, 7) is 8.43. The number of nitrogens with zero attached hydrogens (tertiary/aromatic N) is 3. The number of guanidine groups is 1. The molecule has 1 saturated heterocycles. The average Bonchev–Trinajstić information content (AvgIpc) is 3.15. The first kappa shape index (κ1) is 16.2. The van der Waals surface area contributed by atoms with Crippen LogP contribution in [0.3, 0.4) is 0 Å². The Labute approximate surface area is 131 Å². The van der Waals surface area contributed by atoms with Crippen molar-refractivity contribution < 1.29 is 0 Å². The average molecular weight is 309 g/mol. The van der Waals surface area contributed by atoms with Crippen LogP contribution in [-0.2, 0) is 13.0 Å². The van der Waals surface area contributed by atoms with Crippen molar-refractivity contribution in [3.05, 3.63) is 16.1 Å². The minimum Gasteiger partial charge on any atom is -0.355 e. The van der Waals surface area contributed by atoms with Crippen molar-refractivity contribution >= 4 is 17.3 Å². The lowest BCUT2D eigenvalue weighted by Crippen LogP contribution is -2.44. The Morgan fingerprint density at radius 1 is 1.48 bits per heavy atom. The quantitative estimate of drug-likeness (QED) is 0.622. The van der Waals surface area contributed by atoms with Crippen molar-refractivity contribution in [2.45, 2.75) is 45.7 Å². The molecule has 0 amide bonds. The first-order valence-electron chi connectivity index (χ1n) is 7.88. The second-order valence-corrected chi connectivity index (χ2v) is 6.26. The summed E-state index contributed by atoms with van der Waals surface area (Å²) in [5, 5.41) is 10.1. The third kappa shape index (κ3) is 4.68. The number of rotatable bonds is 6. The molecular weight excluding hydrogens is 282 g/mol. The number of thiazole rings is 1. The highest BCUT2D eigenvalue weighted by molar-refractivity contribution is 7.09. The van der Waals surface area contributed by atoms with Crippen molar-refractivity contribution in [1.29, 1.82) is 0 Å². The smallest absolute Gasteiger partial charge is 0.191 e. The van der Waals surface area contributed by atoms with Crippen molar-refractivity contribution in [3.63, 3.8) is 0 Å². The monoisotopic (exact) mass is 309 g/mol. The molecule has 1 aromatic heterocycles. The zero-order valence-corrected chi connectivity index (χ0v) is 14.2. The van der Waals surface area contributed by atoms with E-state index in [-0.39, 0.29) is 0 Å². The van der Waals surface area contributed by atoms with Gasteiger partial charge in [0.05, 0.1) is 17.2 Å². The van der Waals surface area contributed by atoms with E-state index in [1.165, 1.54) is 24.4 Å². The standard InChI is InChI=1S/C15H27N5S/c1-4-14-19-12(11-21-14)9-17-15(16-3)18-10-13-7-6-8-20(13)5-2/h11,13H,4-10H2,1-3H3,(H2,16,17,18). The second-order valence-electron chi connectivity index (χ2n) is 5.32. The van der Waals surface area contributed by atoms with Gasteiger partial charge in [-0.15, -0.1) is 11.3 Å². The molecule has 2 rings (SSSR count). The lowest BCUT2D eigenvalue weighted by atomic mass is 10.2. The van der Waals surface area contributed by atoms with E-state index in [2.05, 4.69) is 44.7 Å². The molecule has 5 nitrogen and oxygen atoms in total. The van der Waals surface area contributed by atoms with E-state index in [1.807, 2.05) is 7.05 Å². The lowest BCUT2D eigenvalue weighted by molar-refractivity contribution is 0.267. The van der Waals surface area contributed by atoms with Crippen molar-refractivity contribution in [2.24, 2.45) is 4.99 Å². The normalized spacial score (nSPS) is 20.0. The number of likely N-dealkylation sites (tertiary alicyclic amines) is 1. The number of aromatic nitrogens is 1. The van der Waals surface area contributed by atoms with Crippen molar-refractivity contribution in [1.82, 2.24) is 20.5 Å². The van der Waals surface area contributed by atoms with Gasteiger partial charge < -0.3 is 10.6 Å². The highest BCUT2D eigenvalue weighted by atomic mass is 32.1. The zero-order chi connectivity index (χ0) is 15.1. The maximum Gasteiger partial charge on any atom is 0.191 e. The molecule has 1 aliphatic heterocycles. The summed E-state index contributed by atoms with van der Waals surface area (Å²) in [6, 6.07) is 0.638. The van der Waals surface area contributed by atoms with E-state index in [4.69, 9.17) is 0 Å². The Kier molecular flexibility index (Phi) is 6.45. The van der Waals surface area contributed by atoms with E-state index >= 15 is 0 Å². The minimum absolute atomic E-state index is 0.638. The van der Waals surface area contributed by atoms with E-state index < -0.39 is 0 Å². The van der Waals surface area contributed by atoms with Crippen LogP contribution in [-0.4, -0.2) is 48.6 Å². The molecule has 6 heteroatoms. The predicted octanol–water partition coefficient (Wildman–Crippen LogP) is 1.85. The first-order chi connectivity index (χ1) is 10.3. The van der Waals surface area contributed by atoms with Gasteiger partial charge in [0.2, 0.25) is 0 Å². The molecule has 2 heterocycles. The molecular formula is C15H27N5S. The molecule has 2 N–H and O–H groups in total. The molecule has 1 aliphatic rings. The van der Waals surface area contributed by atoms with Crippen LogP contribution in [0.1, 0.15) is 37.4 Å². The summed E-state index contributed by atoms with van der Waals surface area (Å²) in [5.41, 5.74) is 1.09. The summed E-state index contributed by atoms with van der Waals surface area (Å²) >= 11 is 1.73. The fraction of sp³-hybridized carbons (Fsp3) is 0.733. The van der Waals surface area contributed by atoms with Crippen LogP contribution < -0.4 is 10.6 Å². The minimum atomic E-state index is 0.638. The number of aliphatic imine (C=N–C) groups is 1. The zero-order valence-electron chi connectivity index (χ0n) is 13.4. The van der Waals surface area contributed by atoms with Crippen LogP contribution in [0.25, 0.3) is 0 Å². The van der Waals surface area contributed by atoms with Gasteiger partial charge in [0, 0.05) is 25.0 Å². The number of hydrogen-bond acceptors (Lipinski definition) is 4.